The molecule has 1 heterocycles. The molecule has 0 atom stereocenters. The van der Waals surface area contributed by atoms with Crippen LogP contribution in [-0.2, 0) is 9.53 Å². The number of carbonyl (C=O) groups is 1. The lowest BCUT2D eigenvalue weighted by molar-refractivity contribution is -0.115. The van der Waals surface area contributed by atoms with Gasteiger partial charge >= 0.3 is 0 Å². The number of methoxy groups -OCH3 is 1. The Balaban J connectivity index is 2.02. The van der Waals surface area contributed by atoms with Crippen molar-refractivity contribution in [3.8, 4) is 11.5 Å². The van der Waals surface area contributed by atoms with E-state index in [9.17, 15) is 4.79 Å². The Kier molecular flexibility index (Phi) is 5.42. The zero-order chi connectivity index (χ0) is 15.1. The van der Waals surface area contributed by atoms with Crippen LogP contribution in [-0.4, -0.2) is 42.9 Å². The highest BCUT2D eigenvalue weighted by Gasteiger charge is 2.12. The fourth-order valence-corrected chi connectivity index (χ4v) is 1.75. The normalized spacial score (nSPS) is 10.6. The molecular weight excluding hydrogens is 272 g/mol. The molecule has 0 radical (unpaired) electrons. The summed E-state index contributed by atoms with van der Waals surface area (Å²) >= 11 is 0. The quantitative estimate of drug-likeness (QED) is 0.745. The summed E-state index contributed by atoms with van der Waals surface area (Å²) in [6.45, 7) is 3.11. The van der Waals surface area contributed by atoms with E-state index in [1.807, 2.05) is 18.2 Å². The topological polar surface area (TPSA) is 89.3 Å². The second kappa shape index (κ2) is 7.51. The number of hydrogen-bond acceptors (Lipinski definition) is 6. The standard InChI is InChI=1S/C14H18N4O3/c1-10-17-18-14(21-10)11-5-3-4-6-12(11)16-13(19)9-15-7-8-20-2/h3-6,15H,7-9H2,1-2H3,(H,16,19). The van der Waals surface area contributed by atoms with Crippen molar-refractivity contribution in [1.29, 1.82) is 0 Å². The van der Waals surface area contributed by atoms with Crippen molar-refractivity contribution in [2.75, 3.05) is 32.1 Å². The number of para-hydroxylation sites is 1. The minimum absolute atomic E-state index is 0.144. The van der Waals surface area contributed by atoms with Gasteiger partial charge in [-0.05, 0) is 12.1 Å². The highest BCUT2D eigenvalue weighted by atomic mass is 16.5. The third kappa shape index (κ3) is 4.37. The van der Waals surface area contributed by atoms with Crippen LogP contribution in [0.1, 0.15) is 5.89 Å². The number of rotatable bonds is 7. The Labute approximate surface area is 122 Å². The molecule has 0 fully saturated rings. The molecule has 2 aromatic rings. The molecule has 0 spiro atoms. The van der Waals surface area contributed by atoms with Crippen molar-refractivity contribution < 1.29 is 13.9 Å². The van der Waals surface area contributed by atoms with Gasteiger partial charge in [-0.3, -0.25) is 4.79 Å². The third-order valence-corrected chi connectivity index (χ3v) is 2.73. The predicted octanol–water partition coefficient (Wildman–Crippen LogP) is 1.22. The fraction of sp³-hybridized carbons (Fsp3) is 0.357. The van der Waals surface area contributed by atoms with Gasteiger partial charge < -0.3 is 19.8 Å². The third-order valence-electron chi connectivity index (χ3n) is 2.73. The summed E-state index contributed by atoms with van der Waals surface area (Å²) in [7, 11) is 1.62. The first kappa shape index (κ1) is 15.1. The molecule has 0 aliphatic heterocycles. The van der Waals surface area contributed by atoms with Crippen molar-refractivity contribution in [2.45, 2.75) is 6.92 Å². The van der Waals surface area contributed by atoms with Gasteiger partial charge in [0, 0.05) is 20.6 Å². The van der Waals surface area contributed by atoms with Crippen LogP contribution < -0.4 is 10.6 Å². The lowest BCUT2D eigenvalue weighted by Crippen LogP contribution is -2.30. The maximum atomic E-state index is 11.9. The highest BCUT2D eigenvalue weighted by molar-refractivity contribution is 5.95. The largest absolute Gasteiger partial charge is 0.421 e. The van der Waals surface area contributed by atoms with Gasteiger partial charge in [0.25, 0.3) is 0 Å². The molecule has 0 unspecified atom stereocenters. The number of carbonyl (C=O) groups excluding carboxylic acids is 1. The molecule has 2 N–H and O–H groups in total. The summed E-state index contributed by atoms with van der Waals surface area (Å²) in [5, 5.41) is 13.6. The first-order chi connectivity index (χ1) is 10.2. The highest BCUT2D eigenvalue weighted by Crippen LogP contribution is 2.26. The second-order valence-electron chi connectivity index (χ2n) is 4.39. The Morgan fingerprint density at radius 2 is 2.14 bits per heavy atom. The Bertz CT molecular complexity index is 597. The summed E-state index contributed by atoms with van der Waals surface area (Å²) in [6.07, 6.45) is 0. The molecule has 2 rings (SSSR count). The molecule has 112 valence electrons. The average Bonchev–Trinajstić information content (AvgIpc) is 2.91. The average molecular weight is 290 g/mol. The first-order valence-electron chi connectivity index (χ1n) is 6.59. The van der Waals surface area contributed by atoms with Crippen molar-refractivity contribution in [1.82, 2.24) is 15.5 Å². The first-order valence-corrected chi connectivity index (χ1v) is 6.59. The Hall–Kier alpha value is -2.25. The number of benzene rings is 1. The second-order valence-corrected chi connectivity index (χ2v) is 4.39. The number of amides is 1. The molecular formula is C14H18N4O3. The lowest BCUT2D eigenvalue weighted by Gasteiger charge is -2.09. The van der Waals surface area contributed by atoms with E-state index in [4.69, 9.17) is 9.15 Å². The molecule has 0 aliphatic carbocycles. The van der Waals surface area contributed by atoms with E-state index in [0.717, 1.165) is 0 Å². The fourth-order valence-electron chi connectivity index (χ4n) is 1.75. The monoisotopic (exact) mass is 290 g/mol. The number of nitrogens with zero attached hydrogens (tertiary/aromatic N) is 2. The van der Waals surface area contributed by atoms with Gasteiger partial charge in [-0.15, -0.1) is 10.2 Å². The maximum Gasteiger partial charge on any atom is 0.249 e. The molecule has 0 bridgehead atoms. The van der Waals surface area contributed by atoms with E-state index in [1.165, 1.54) is 0 Å². The molecule has 1 amide bonds. The van der Waals surface area contributed by atoms with Gasteiger partial charge in [-0.2, -0.15) is 0 Å². The Morgan fingerprint density at radius 3 is 2.86 bits per heavy atom. The molecule has 0 saturated carbocycles. The van der Waals surface area contributed by atoms with Crippen molar-refractivity contribution in [3.05, 3.63) is 30.2 Å². The summed E-state index contributed by atoms with van der Waals surface area (Å²) < 4.78 is 10.3. The summed E-state index contributed by atoms with van der Waals surface area (Å²) in [5.74, 6) is 0.720. The molecule has 7 heteroatoms. The summed E-state index contributed by atoms with van der Waals surface area (Å²) in [5.41, 5.74) is 1.34. The van der Waals surface area contributed by atoms with E-state index >= 15 is 0 Å². The molecule has 1 aromatic carbocycles. The van der Waals surface area contributed by atoms with Gasteiger partial charge in [-0.25, -0.2) is 0 Å². The van der Waals surface area contributed by atoms with Crippen LogP contribution >= 0.6 is 0 Å². The number of aryl methyl sites for hydroxylation is 1. The van der Waals surface area contributed by atoms with Gasteiger partial charge in [-0.1, -0.05) is 12.1 Å². The molecule has 21 heavy (non-hydrogen) atoms. The molecule has 7 nitrogen and oxygen atoms in total. The SMILES string of the molecule is COCCNCC(=O)Nc1ccccc1-c1nnc(C)o1. The zero-order valence-corrected chi connectivity index (χ0v) is 12.0. The van der Waals surface area contributed by atoms with Gasteiger partial charge in [0.05, 0.1) is 24.4 Å². The van der Waals surface area contributed by atoms with Crippen LogP contribution in [0.3, 0.4) is 0 Å². The van der Waals surface area contributed by atoms with Gasteiger partial charge in [0.2, 0.25) is 17.7 Å². The maximum absolute atomic E-state index is 11.9. The van der Waals surface area contributed by atoms with Crippen molar-refractivity contribution >= 4 is 11.6 Å². The van der Waals surface area contributed by atoms with E-state index in [1.54, 1.807) is 20.1 Å². The van der Waals surface area contributed by atoms with Crippen LogP contribution in [0.5, 0.6) is 0 Å². The summed E-state index contributed by atoms with van der Waals surface area (Å²) in [4.78, 5) is 11.9. The predicted molar refractivity (Wildman–Crippen MR) is 77.8 cm³/mol. The smallest absolute Gasteiger partial charge is 0.249 e. The van der Waals surface area contributed by atoms with E-state index < -0.39 is 0 Å². The van der Waals surface area contributed by atoms with Crippen LogP contribution in [0.4, 0.5) is 5.69 Å². The van der Waals surface area contributed by atoms with Crippen LogP contribution in [0.2, 0.25) is 0 Å². The molecule has 0 saturated heterocycles. The van der Waals surface area contributed by atoms with E-state index in [2.05, 4.69) is 20.8 Å². The Morgan fingerprint density at radius 1 is 1.33 bits per heavy atom. The van der Waals surface area contributed by atoms with Crippen LogP contribution in [0.15, 0.2) is 28.7 Å². The summed E-state index contributed by atoms with van der Waals surface area (Å²) in [6, 6.07) is 7.30. The molecule has 0 aliphatic rings. The van der Waals surface area contributed by atoms with Gasteiger partial charge in [0.1, 0.15) is 0 Å². The minimum atomic E-state index is -0.144. The number of nitrogens with one attached hydrogen (secondary N) is 2. The van der Waals surface area contributed by atoms with Gasteiger partial charge in [0.15, 0.2) is 0 Å². The zero-order valence-electron chi connectivity index (χ0n) is 12.0. The number of hydrogen-bond donors (Lipinski definition) is 2. The number of anilines is 1. The van der Waals surface area contributed by atoms with E-state index in [-0.39, 0.29) is 12.5 Å². The molecule has 1 aromatic heterocycles. The lowest BCUT2D eigenvalue weighted by atomic mass is 10.1. The minimum Gasteiger partial charge on any atom is -0.421 e. The van der Waals surface area contributed by atoms with Crippen LogP contribution in [0, 0.1) is 6.92 Å². The van der Waals surface area contributed by atoms with Crippen LogP contribution in [0.25, 0.3) is 11.5 Å². The van der Waals surface area contributed by atoms with Crippen molar-refractivity contribution in [3.63, 3.8) is 0 Å². The number of aromatic nitrogens is 2. The van der Waals surface area contributed by atoms with Crippen molar-refractivity contribution in [2.24, 2.45) is 0 Å². The van der Waals surface area contributed by atoms with E-state index in [0.29, 0.717) is 36.2 Å². The number of ether oxygens (including phenoxy) is 1.